The average Bonchev–Trinajstić information content (AvgIpc) is 3.98. The summed E-state index contributed by atoms with van der Waals surface area (Å²) in [4.78, 5) is 56.3. The van der Waals surface area contributed by atoms with Crippen LogP contribution in [0.5, 0.6) is 11.5 Å². The second-order valence-electron chi connectivity index (χ2n) is 18.1. The number of ether oxygens (including phenoxy) is 5. The van der Waals surface area contributed by atoms with Crippen LogP contribution in [0, 0.1) is 13.8 Å². The van der Waals surface area contributed by atoms with Gasteiger partial charge >= 0.3 is 18.1 Å². The SMILES string of the molecule is C=CCOP(O[C@H]1C[C@H](n2cc(C)c(=O)[nH]c2=O)O[C@@H]1CO[P@](=S)(OC)O[C@H]1C[C@H](n2cc(C)c(=O)[nH]c2=O)O[C@@H]1COC(c1ccccc1)(c1ccc(OC)cc1)c1ccc(OC)cc1)N(C(C)C)C(C)C. The molecule has 2 saturated heterocycles. The van der Waals surface area contributed by atoms with Gasteiger partial charge in [-0.25, -0.2) is 14.3 Å². The van der Waals surface area contributed by atoms with Crippen LogP contribution in [0.4, 0.5) is 0 Å². The van der Waals surface area contributed by atoms with Gasteiger partial charge in [-0.2, -0.15) is 0 Å². The van der Waals surface area contributed by atoms with Gasteiger partial charge in [0.05, 0.1) is 46.2 Å². The van der Waals surface area contributed by atoms with E-state index in [0.29, 0.717) is 22.6 Å². The summed E-state index contributed by atoms with van der Waals surface area (Å²) >= 11 is 6.13. The number of benzene rings is 3. The van der Waals surface area contributed by atoms with Gasteiger partial charge in [-0.1, -0.05) is 60.7 Å². The average molecular weight is 1070 g/mol. The molecule has 5 aromatic rings. The molecule has 3 aromatic carbocycles. The summed E-state index contributed by atoms with van der Waals surface area (Å²) in [5.41, 5.74) is -0.692. The number of methoxy groups -OCH3 is 2. The first-order valence-corrected chi connectivity index (χ1v) is 27.5. The summed E-state index contributed by atoms with van der Waals surface area (Å²) < 4.78 is 68.7. The quantitative estimate of drug-likeness (QED) is 0.0349. The minimum absolute atomic E-state index is 0.0249. The third kappa shape index (κ3) is 12.8. The number of nitrogens with one attached hydrogen (secondary N) is 2. The number of aromatic nitrogens is 4. The third-order valence-corrected chi connectivity index (χ3v) is 17.2. The molecule has 7 rings (SSSR count). The van der Waals surface area contributed by atoms with Gasteiger partial charge in [0.2, 0.25) is 0 Å². The summed E-state index contributed by atoms with van der Waals surface area (Å²) in [7, 11) is 2.87. The summed E-state index contributed by atoms with van der Waals surface area (Å²) in [5.74, 6) is 1.30. The van der Waals surface area contributed by atoms with Gasteiger partial charge in [0.25, 0.3) is 19.6 Å². The van der Waals surface area contributed by atoms with Crippen molar-refractivity contribution in [1.29, 1.82) is 0 Å². The predicted octanol–water partition coefficient (Wildman–Crippen LogP) is 7.51. The van der Waals surface area contributed by atoms with Gasteiger partial charge in [-0.3, -0.25) is 28.7 Å². The normalized spacial score (nSPS) is 21.4. The highest BCUT2D eigenvalue weighted by Gasteiger charge is 2.47. The van der Waals surface area contributed by atoms with E-state index in [-0.39, 0.29) is 44.7 Å². The molecule has 0 bridgehead atoms. The van der Waals surface area contributed by atoms with E-state index in [4.69, 9.17) is 58.1 Å². The van der Waals surface area contributed by atoms with Crippen molar-refractivity contribution in [1.82, 2.24) is 23.8 Å². The van der Waals surface area contributed by atoms with Crippen molar-refractivity contribution in [2.75, 3.05) is 41.2 Å². The zero-order chi connectivity index (χ0) is 52.6. The second-order valence-corrected chi connectivity index (χ2v) is 22.6. The van der Waals surface area contributed by atoms with Crippen LogP contribution < -0.4 is 32.0 Å². The number of aromatic amines is 2. The van der Waals surface area contributed by atoms with Gasteiger partial charge in [-0.05, 0) is 94.3 Å². The Balaban J connectivity index is 1.23. The maximum absolute atomic E-state index is 13.4. The van der Waals surface area contributed by atoms with E-state index in [0.717, 1.165) is 16.7 Å². The molecule has 4 heterocycles. The lowest BCUT2D eigenvalue weighted by Gasteiger charge is -2.37. The van der Waals surface area contributed by atoms with Crippen LogP contribution in [0.3, 0.4) is 0 Å². The fourth-order valence-corrected chi connectivity index (χ4v) is 12.4. The van der Waals surface area contributed by atoms with Gasteiger partial charge in [0, 0.05) is 55.6 Å². The smallest absolute Gasteiger partial charge is 0.330 e. The molecular weight excluding hydrogens is 1000 g/mol. The van der Waals surface area contributed by atoms with E-state index in [1.807, 2.05) is 107 Å². The molecule has 2 aliphatic heterocycles. The minimum Gasteiger partial charge on any atom is -0.497 e. The fourth-order valence-electron chi connectivity index (χ4n) is 8.96. The number of hydrogen-bond acceptors (Lipinski definition) is 16. The number of aryl methyl sites for hydroxylation is 2. The van der Waals surface area contributed by atoms with Crippen molar-refractivity contribution in [3.8, 4) is 11.5 Å². The topological polar surface area (TPSA) is 205 Å². The number of hydrogen-bond donors (Lipinski definition) is 2. The summed E-state index contributed by atoms with van der Waals surface area (Å²) in [6, 6.07) is 24.9. The maximum atomic E-state index is 13.4. The summed E-state index contributed by atoms with van der Waals surface area (Å²) in [6.07, 6.45) is -0.504. The molecule has 0 radical (unpaired) electrons. The van der Waals surface area contributed by atoms with Crippen LogP contribution in [-0.2, 0) is 54.2 Å². The molecule has 394 valence electrons. The van der Waals surface area contributed by atoms with Crippen molar-refractivity contribution >= 4 is 27.1 Å². The zero-order valence-electron chi connectivity index (χ0n) is 42.5. The first kappa shape index (κ1) is 55.8. The van der Waals surface area contributed by atoms with E-state index >= 15 is 0 Å². The van der Waals surface area contributed by atoms with Crippen molar-refractivity contribution in [2.24, 2.45) is 0 Å². The van der Waals surface area contributed by atoms with Gasteiger partial charge in [0.15, 0.2) is 0 Å². The Morgan fingerprint density at radius 2 is 1.23 bits per heavy atom. The van der Waals surface area contributed by atoms with Crippen molar-refractivity contribution in [2.45, 2.75) is 109 Å². The number of rotatable bonds is 24. The monoisotopic (exact) mass is 1070 g/mol. The van der Waals surface area contributed by atoms with Gasteiger partial charge in [0.1, 0.15) is 41.8 Å². The Hall–Kier alpha value is -4.92. The number of H-pyrrole nitrogens is 2. The number of nitrogens with zero attached hydrogens (tertiary/aromatic N) is 3. The third-order valence-electron chi connectivity index (χ3n) is 12.6. The lowest BCUT2D eigenvalue weighted by Crippen LogP contribution is -2.38. The van der Waals surface area contributed by atoms with Crippen molar-refractivity contribution in [3.05, 3.63) is 173 Å². The fraction of sp³-hybridized carbons (Fsp3) is 0.451. The standard InChI is InChI=1S/C51H65N5O14P2S/c1-11-25-65-71(56(32(2)3)33(4)5)69-41-26-45(54-28-34(6)47(57)52-49(54)59)68-44(41)31-66-72(73,63-10)70-42-27-46(55-29-35(7)48(58)53-50(55)60)67-43(42)30-64-51(36-15-13-12-14-16-36,37-17-21-39(61-8)22-18-37)38-19-23-40(62-9)24-20-38/h11-24,28-29,32-33,41-46H,1,25-27,30-31H2,2-10H3,(H,52,57,59)(H,53,58,60)/t41-,42-,43+,44+,45+,46+,71?,72+/m0/s1. The molecule has 2 N–H and O–H groups in total. The van der Waals surface area contributed by atoms with Gasteiger partial charge in [-0.15, -0.1) is 6.58 Å². The highest BCUT2D eigenvalue weighted by Crippen LogP contribution is 2.55. The molecule has 2 aromatic heterocycles. The molecule has 0 spiro atoms. The van der Waals surface area contributed by atoms with Crippen LogP contribution in [0.25, 0.3) is 0 Å². The predicted molar refractivity (Wildman–Crippen MR) is 280 cm³/mol. The Labute approximate surface area is 430 Å². The molecule has 0 saturated carbocycles. The largest absolute Gasteiger partial charge is 0.497 e. The first-order chi connectivity index (χ1) is 34.9. The minimum atomic E-state index is -3.76. The molecular formula is C51H65N5O14P2S. The van der Waals surface area contributed by atoms with Crippen molar-refractivity contribution < 1.29 is 46.3 Å². The Morgan fingerprint density at radius 1 is 0.753 bits per heavy atom. The van der Waals surface area contributed by atoms with Crippen molar-refractivity contribution in [3.63, 3.8) is 0 Å². The van der Waals surface area contributed by atoms with E-state index in [1.165, 1.54) is 28.6 Å². The lowest BCUT2D eigenvalue weighted by atomic mass is 9.80. The highest BCUT2D eigenvalue weighted by molar-refractivity contribution is 8.07. The molecule has 0 amide bonds. The van der Waals surface area contributed by atoms with E-state index < -0.39 is 80.2 Å². The molecule has 2 fully saturated rings. The lowest BCUT2D eigenvalue weighted by molar-refractivity contribution is -0.0938. The van der Waals surface area contributed by atoms with Crippen LogP contribution in [0.1, 0.15) is 80.8 Å². The Bertz CT molecular complexity index is 2880. The highest BCUT2D eigenvalue weighted by atomic mass is 32.5. The molecule has 1 unspecified atom stereocenters. The molecule has 8 atom stereocenters. The summed E-state index contributed by atoms with van der Waals surface area (Å²) in [5, 5.41) is 0. The van der Waals surface area contributed by atoms with Gasteiger partial charge < -0.3 is 46.3 Å². The molecule has 19 nitrogen and oxygen atoms in total. The van der Waals surface area contributed by atoms with Crippen LogP contribution in [-0.4, -0.2) is 101 Å². The van der Waals surface area contributed by atoms with Crippen LogP contribution >= 0.6 is 15.2 Å². The Morgan fingerprint density at radius 3 is 1.70 bits per heavy atom. The molecule has 0 aliphatic carbocycles. The molecule has 73 heavy (non-hydrogen) atoms. The van der Waals surface area contributed by atoms with Crippen LogP contribution in [0.2, 0.25) is 0 Å². The zero-order valence-corrected chi connectivity index (χ0v) is 45.1. The maximum Gasteiger partial charge on any atom is 0.330 e. The van der Waals surface area contributed by atoms with E-state index in [1.54, 1.807) is 34.1 Å². The molecule has 2 aliphatic rings. The summed E-state index contributed by atoms with van der Waals surface area (Å²) in [6.45, 7) is 11.3. The van der Waals surface area contributed by atoms with Crippen LogP contribution in [0.15, 0.2) is 123 Å². The molecule has 22 heteroatoms. The van der Waals surface area contributed by atoms with E-state index in [2.05, 4.69) is 21.2 Å². The van der Waals surface area contributed by atoms with E-state index in [9.17, 15) is 19.2 Å². The Kier molecular flexibility index (Phi) is 18.8. The second kappa shape index (κ2) is 24.6. The first-order valence-electron chi connectivity index (χ1n) is 23.8.